The minimum Gasteiger partial charge on any atom is -0.481 e. The average Bonchev–Trinajstić information content (AvgIpc) is 3.15. The van der Waals surface area contributed by atoms with E-state index >= 15 is 0 Å². The van der Waals surface area contributed by atoms with Crippen molar-refractivity contribution in [2.75, 3.05) is 0 Å². The lowest BCUT2D eigenvalue weighted by Gasteiger charge is -2.32. The summed E-state index contributed by atoms with van der Waals surface area (Å²) in [4.78, 5) is 24.6. The van der Waals surface area contributed by atoms with Gasteiger partial charge in [0.25, 0.3) is 5.91 Å². The van der Waals surface area contributed by atoms with Crippen molar-refractivity contribution in [2.24, 2.45) is 11.8 Å². The van der Waals surface area contributed by atoms with Crippen molar-refractivity contribution in [3.8, 4) is 11.3 Å². The van der Waals surface area contributed by atoms with E-state index in [2.05, 4.69) is 14.6 Å². The zero-order chi connectivity index (χ0) is 30.3. The first kappa shape index (κ1) is 31.3. The lowest BCUT2D eigenvalue weighted by atomic mass is 9.80. The molecule has 0 radical (unpaired) electrons. The zero-order valence-electron chi connectivity index (χ0n) is 25.1. The van der Waals surface area contributed by atoms with E-state index in [0.717, 1.165) is 30.8 Å². The lowest BCUT2D eigenvalue weighted by Crippen LogP contribution is -2.46. The van der Waals surface area contributed by atoms with Gasteiger partial charge in [-0.1, -0.05) is 25.3 Å². The quantitative estimate of drug-likeness (QED) is 0.328. The number of carboxylic acid groups (broad SMARTS) is 1. The molecule has 10 heteroatoms. The molecule has 0 aliphatic heterocycles. The van der Waals surface area contributed by atoms with E-state index in [9.17, 15) is 28.2 Å². The average molecular weight is 588 g/mol. The molecule has 4 rings (SSSR count). The number of aliphatic carboxylic acids is 1. The first-order valence-corrected chi connectivity index (χ1v) is 16.1. The van der Waals surface area contributed by atoms with Gasteiger partial charge in [-0.15, -0.1) is 0 Å². The molecule has 2 fully saturated rings. The van der Waals surface area contributed by atoms with Crippen LogP contribution in [-0.2, 0) is 27.0 Å². The number of nitrogens with zero attached hydrogens (tertiary/aromatic N) is 1. The molecule has 226 valence electrons. The van der Waals surface area contributed by atoms with Crippen LogP contribution >= 0.6 is 0 Å². The summed E-state index contributed by atoms with van der Waals surface area (Å²) < 4.78 is 31.5. The third-order valence-electron chi connectivity index (χ3n) is 8.26. The number of nitrogens with one attached hydrogen (secondary N) is 2. The number of carboxylic acids is 1. The van der Waals surface area contributed by atoms with Crippen molar-refractivity contribution in [2.45, 2.75) is 115 Å². The molecule has 2 aliphatic rings. The van der Waals surface area contributed by atoms with Crippen LogP contribution in [0.15, 0.2) is 29.2 Å². The molecule has 0 unspecified atom stereocenters. The second-order valence-corrected chi connectivity index (χ2v) is 15.1. The lowest BCUT2D eigenvalue weighted by molar-refractivity contribution is -0.145. The number of hydrogen-bond acceptors (Lipinski definition) is 5. The number of hydrogen-bond donors (Lipinski definition) is 4. The zero-order valence-corrected chi connectivity index (χ0v) is 25.9. The van der Waals surface area contributed by atoms with Crippen molar-refractivity contribution in [3.05, 3.63) is 41.1 Å². The first-order valence-electron chi connectivity index (χ1n) is 14.6. The summed E-state index contributed by atoms with van der Waals surface area (Å²) in [5, 5.41) is 23.3. The Balaban J connectivity index is 1.76. The summed E-state index contributed by atoms with van der Waals surface area (Å²) >= 11 is 0. The summed E-state index contributed by atoms with van der Waals surface area (Å²) in [6.07, 6.45) is 6.65. The third-order valence-corrected chi connectivity index (χ3v) is 10.1. The van der Waals surface area contributed by atoms with Crippen LogP contribution in [0, 0.1) is 18.8 Å². The van der Waals surface area contributed by atoms with Gasteiger partial charge >= 0.3 is 5.97 Å². The minimum absolute atomic E-state index is 0.0155. The molecule has 9 nitrogen and oxygen atoms in total. The Bertz CT molecular complexity index is 1400. The van der Waals surface area contributed by atoms with Crippen molar-refractivity contribution in [1.29, 1.82) is 0 Å². The van der Waals surface area contributed by atoms with Crippen LogP contribution in [0.2, 0.25) is 0 Å². The van der Waals surface area contributed by atoms with Crippen LogP contribution in [0.1, 0.15) is 101 Å². The molecule has 41 heavy (non-hydrogen) atoms. The van der Waals surface area contributed by atoms with Crippen LogP contribution in [0.5, 0.6) is 0 Å². The Morgan fingerprint density at radius 1 is 1.02 bits per heavy atom. The minimum atomic E-state index is -3.92. The van der Waals surface area contributed by atoms with E-state index in [0.29, 0.717) is 29.9 Å². The fourth-order valence-corrected chi connectivity index (χ4v) is 7.80. The fourth-order valence-electron chi connectivity index (χ4n) is 6.04. The highest BCUT2D eigenvalue weighted by Crippen LogP contribution is 2.36. The molecule has 2 aromatic rings. The normalized spacial score (nSPS) is 20.5. The van der Waals surface area contributed by atoms with E-state index in [1.807, 2.05) is 13.0 Å². The first-order chi connectivity index (χ1) is 19.0. The maximum atomic E-state index is 13.4. The van der Waals surface area contributed by atoms with Gasteiger partial charge in [-0.25, -0.2) is 13.1 Å². The van der Waals surface area contributed by atoms with Gasteiger partial charge in [-0.05, 0) is 96.9 Å². The second kappa shape index (κ2) is 11.5. The highest BCUT2D eigenvalue weighted by Gasteiger charge is 2.36. The van der Waals surface area contributed by atoms with Crippen LogP contribution in [-0.4, -0.2) is 46.7 Å². The predicted octanol–water partition coefficient (Wildman–Crippen LogP) is 4.94. The molecule has 0 saturated heterocycles. The number of carbonyl (C=O) groups is 2. The number of carbonyl (C=O) groups excluding carboxylic acids is 1. The Hall–Kier alpha value is -2.69. The fraction of sp³-hybridized carbons (Fsp3) is 0.613. The molecule has 1 heterocycles. The highest BCUT2D eigenvalue weighted by atomic mass is 32.2. The van der Waals surface area contributed by atoms with Crippen LogP contribution in [0.4, 0.5) is 0 Å². The molecular formula is C31H45N3O6S. The van der Waals surface area contributed by atoms with Gasteiger partial charge < -0.3 is 20.1 Å². The topological polar surface area (TPSA) is 138 Å². The van der Waals surface area contributed by atoms with Crippen LogP contribution in [0.3, 0.4) is 0 Å². The van der Waals surface area contributed by atoms with Crippen LogP contribution in [0.25, 0.3) is 11.3 Å². The van der Waals surface area contributed by atoms with Gasteiger partial charge in [-0.2, -0.15) is 0 Å². The summed E-state index contributed by atoms with van der Waals surface area (Å²) in [7, 11) is -3.92. The van der Waals surface area contributed by atoms with Gasteiger partial charge in [0, 0.05) is 35.1 Å². The highest BCUT2D eigenvalue weighted by molar-refractivity contribution is 7.89. The Morgan fingerprint density at radius 3 is 2.22 bits per heavy atom. The van der Waals surface area contributed by atoms with Gasteiger partial charge in [-0.3, -0.25) is 9.59 Å². The molecule has 2 aliphatic carbocycles. The third kappa shape index (κ3) is 7.21. The van der Waals surface area contributed by atoms with Crippen molar-refractivity contribution in [3.63, 3.8) is 0 Å². The molecule has 1 aromatic carbocycles. The Morgan fingerprint density at radius 2 is 1.66 bits per heavy atom. The monoisotopic (exact) mass is 587 g/mol. The van der Waals surface area contributed by atoms with Crippen molar-refractivity contribution < 1.29 is 28.2 Å². The molecule has 1 aromatic heterocycles. The summed E-state index contributed by atoms with van der Waals surface area (Å²) in [6, 6.07) is 6.66. The number of benzene rings is 1. The van der Waals surface area contributed by atoms with E-state index in [1.165, 1.54) is 25.3 Å². The predicted molar refractivity (Wildman–Crippen MR) is 158 cm³/mol. The maximum Gasteiger partial charge on any atom is 0.306 e. The molecular weight excluding hydrogens is 542 g/mol. The van der Waals surface area contributed by atoms with Gasteiger partial charge in [0.2, 0.25) is 10.0 Å². The van der Waals surface area contributed by atoms with Gasteiger partial charge in [0.05, 0.1) is 22.0 Å². The summed E-state index contributed by atoms with van der Waals surface area (Å²) in [6.45, 7) is 11.1. The molecule has 1 amide bonds. The molecule has 0 spiro atoms. The molecule has 4 N–H and O–H groups in total. The standard InChI is InChI=1S/C31H45N3O6S/c1-19-24(28(35)32-23-14-22(15-23)29(36)37)17-26(34(19)18-20-10-8-7-9-11-20)21-12-13-27(25(16-21)31(5,6)38)41(39,40)33-30(2,3)4/h12-13,16-17,20,22-23,33,38H,7-11,14-15,18H2,1-6H3,(H,32,35)(H,36,37)/t22-,23-. The van der Waals surface area contributed by atoms with Gasteiger partial charge in [0.15, 0.2) is 0 Å². The van der Waals surface area contributed by atoms with Crippen molar-refractivity contribution >= 4 is 21.9 Å². The second-order valence-electron chi connectivity index (χ2n) is 13.4. The van der Waals surface area contributed by atoms with E-state index in [-0.39, 0.29) is 22.4 Å². The number of rotatable bonds is 9. The van der Waals surface area contributed by atoms with Gasteiger partial charge in [0.1, 0.15) is 0 Å². The molecule has 2 saturated carbocycles. The van der Waals surface area contributed by atoms with Crippen molar-refractivity contribution in [1.82, 2.24) is 14.6 Å². The van der Waals surface area contributed by atoms with Crippen LogP contribution < -0.4 is 10.0 Å². The Labute approximate surface area is 243 Å². The SMILES string of the molecule is Cc1c(C(=O)N[C@H]2C[C@H](C(=O)O)C2)cc(-c2ccc(S(=O)(=O)NC(C)(C)C)c(C(C)(C)O)c2)n1CC1CCCCC1. The number of aliphatic hydroxyl groups is 1. The molecule has 0 atom stereocenters. The Kier molecular flexibility index (Phi) is 8.79. The smallest absolute Gasteiger partial charge is 0.306 e. The largest absolute Gasteiger partial charge is 0.481 e. The van der Waals surface area contributed by atoms with E-state index < -0.39 is 33.1 Å². The van der Waals surface area contributed by atoms with E-state index in [4.69, 9.17) is 0 Å². The maximum absolute atomic E-state index is 13.4. The van der Waals surface area contributed by atoms with E-state index in [1.54, 1.807) is 46.8 Å². The molecule has 0 bridgehead atoms. The number of sulfonamides is 1. The summed E-state index contributed by atoms with van der Waals surface area (Å²) in [5.74, 6) is -1.03. The summed E-state index contributed by atoms with van der Waals surface area (Å²) in [5.41, 5.74) is 0.957. The number of amides is 1. The number of aromatic nitrogens is 1.